The van der Waals surface area contributed by atoms with Gasteiger partial charge >= 0.3 is 6.16 Å². The van der Waals surface area contributed by atoms with Gasteiger partial charge in [-0.2, -0.15) is 0 Å². The van der Waals surface area contributed by atoms with Crippen molar-refractivity contribution in [2.45, 2.75) is 70.2 Å². The molecule has 164 valence electrons. The first-order valence-electron chi connectivity index (χ1n) is 11.4. The number of rotatable bonds is 8. The molecule has 5 heteroatoms. The van der Waals surface area contributed by atoms with Crippen LogP contribution < -0.4 is 0 Å². The Morgan fingerprint density at radius 3 is 2.35 bits per heavy atom. The van der Waals surface area contributed by atoms with Crippen LogP contribution in [0.3, 0.4) is 0 Å². The van der Waals surface area contributed by atoms with Crippen LogP contribution in [0.4, 0.5) is 4.79 Å². The fraction of sp³-hybridized carbons (Fsp3) is 0.462. The van der Waals surface area contributed by atoms with Crippen molar-refractivity contribution in [2.75, 3.05) is 0 Å². The Labute approximate surface area is 184 Å². The standard InChI is InChI=1S/C26H31NO4/c28-24(17-8-7-12-20-10-3-1-4-11-20)27-23-16-9-15-22(23)18-25(27)31-26(29)30-19-21-13-5-2-6-14-21/h1-6,10-11,13-14,22-23,25H,7-9,12,15-19H2/t22-,23-,25-/m0/s1. The quantitative estimate of drug-likeness (QED) is 0.418. The van der Waals surface area contributed by atoms with Crippen molar-refractivity contribution in [3.05, 3.63) is 71.8 Å². The molecule has 0 radical (unpaired) electrons. The Balaban J connectivity index is 1.28. The van der Waals surface area contributed by atoms with Crippen LogP contribution in [0.15, 0.2) is 60.7 Å². The van der Waals surface area contributed by atoms with E-state index in [4.69, 9.17) is 9.47 Å². The van der Waals surface area contributed by atoms with E-state index in [9.17, 15) is 9.59 Å². The number of carbonyl (C=O) groups excluding carboxylic acids is 2. The lowest BCUT2D eigenvalue weighted by Crippen LogP contribution is -2.43. The van der Waals surface area contributed by atoms with Crippen molar-refractivity contribution in [3.63, 3.8) is 0 Å². The molecule has 1 amide bonds. The molecule has 0 aromatic heterocycles. The highest BCUT2D eigenvalue weighted by Gasteiger charge is 2.47. The lowest BCUT2D eigenvalue weighted by Gasteiger charge is -2.29. The van der Waals surface area contributed by atoms with E-state index in [1.807, 2.05) is 53.4 Å². The monoisotopic (exact) mass is 421 g/mol. The predicted molar refractivity (Wildman–Crippen MR) is 118 cm³/mol. The third-order valence-electron chi connectivity index (χ3n) is 6.46. The molecule has 3 atom stereocenters. The molecule has 0 bridgehead atoms. The Morgan fingerprint density at radius 1 is 0.903 bits per heavy atom. The summed E-state index contributed by atoms with van der Waals surface area (Å²) in [6, 6.07) is 20.1. The van der Waals surface area contributed by atoms with Gasteiger partial charge in [-0.05, 0) is 49.1 Å². The summed E-state index contributed by atoms with van der Waals surface area (Å²) in [4.78, 5) is 27.2. The van der Waals surface area contributed by atoms with E-state index in [0.717, 1.165) is 50.5 Å². The maximum Gasteiger partial charge on any atom is 0.510 e. The molecular formula is C26H31NO4. The molecular weight excluding hydrogens is 390 g/mol. The van der Waals surface area contributed by atoms with Crippen molar-refractivity contribution in [1.29, 1.82) is 0 Å². The van der Waals surface area contributed by atoms with E-state index < -0.39 is 12.4 Å². The number of aryl methyl sites for hydroxylation is 1. The Bertz CT molecular complexity index is 854. The number of nitrogens with zero attached hydrogens (tertiary/aromatic N) is 1. The van der Waals surface area contributed by atoms with Crippen LogP contribution in [0.1, 0.15) is 56.1 Å². The van der Waals surface area contributed by atoms with Crippen LogP contribution in [0, 0.1) is 5.92 Å². The average Bonchev–Trinajstić information content (AvgIpc) is 3.37. The summed E-state index contributed by atoms with van der Waals surface area (Å²) in [5.41, 5.74) is 2.21. The second-order valence-corrected chi connectivity index (χ2v) is 8.58. The van der Waals surface area contributed by atoms with Gasteiger partial charge in [0.15, 0.2) is 6.23 Å². The van der Waals surface area contributed by atoms with Crippen LogP contribution in [0.2, 0.25) is 0 Å². The number of ether oxygens (including phenoxy) is 2. The molecule has 1 aliphatic heterocycles. The molecule has 1 saturated heterocycles. The molecule has 0 spiro atoms. The van der Waals surface area contributed by atoms with Gasteiger partial charge in [-0.3, -0.25) is 4.79 Å². The van der Waals surface area contributed by atoms with Crippen LogP contribution in [-0.4, -0.2) is 29.2 Å². The summed E-state index contributed by atoms with van der Waals surface area (Å²) in [6.45, 7) is 0.173. The van der Waals surface area contributed by atoms with E-state index in [1.54, 1.807) is 0 Å². The molecule has 4 rings (SSSR count). The minimum Gasteiger partial charge on any atom is -0.429 e. The van der Waals surface area contributed by atoms with E-state index >= 15 is 0 Å². The molecule has 2 fully saturated rings. The van der Waals surface area contributed by atoms with Crippen molar-refractivity contribution in [2.24, 2.45) is 5.92 Å². The third kappa shape index (κ3) is 5.66. The van der Waals surface area contributed by atoms with Gasteiger partial charge in [0.05, 0.1) is 0 Å². The fourth-order valence-electron chi connectivity index (χ4n) is 4.94. The van der Waals surface area contributed by atoms with E-state index in [-0.39, 0.29) is 18.6 Å². The summed E-state index contributed by atoms with van der Waals surface area (Å²) in [7, 11) is 0. The topological polar surface area (TPSA) is 55.8 Å². The van der Waals surface area contributed by atoms with Crippen LogP contribution in [-0.2, 0) is 27.3 Å². The molecule has 0 N–H and O–H groups in total. The normalized spacial score (nSPS) is 22.2. The SMILES string of the molecule is O=C(OCc1ccccc1)O[C@H]1C[C@@H]2CCC[C@@H]2N1C(=O)CCCCc1ccccc1. The van der Waals surface area contributed by atoms with Crippen LogP contribution in [0.25, 0.3) is 0 Å². The van der Waals surface area contributed by atoms with Gasteiger partial charge in [-0.15, -0.1) is 0 Å². The van der Waals surface area contributed by atoms with Gasteiger partial charge in [0.2, 0.25) is 5.91 Å². The van der Waals surface area contributed by atoms with Crippen molar-refractivity contribution < 1.29 is 19.1 Å². The van der Waals surface area contributed by atoms with Crippen LogP contribution >= 0.6 is 0 Å². The molecule has 2 aromatic rings. The van der Waals surface area contributed by atoms with E-state index in [2.05, 4.69) is 12.1 Å². The lowest BCUT2D eigenvalue weighted by molar-refractivity contribution is -0.142. The minimum absolute atomic E-state index is 0.100. The highest BCUT2D eigenvalue weighted by molar-refractivity contribution is 5.77. The molecule has 5 nitrogen and oxygen atoms in total. The zero-order valence-corrected chi connectivity index (χ0v) is 17.9. The summed E-state index contributed by atoms with van der Waals surface area (Å²) in [5, 5.41) is 0. The molecule has 31 heavy (non-hydrogen) atoms. The maximum absolute atomic E-state index is 13.1. The second-order valence-electron chi connectivity index (χ2n) is 8.58. The number of hydrogen-bond donors (Lipinski definition) is 0. The number of fused-ring (bicyclic) bond motifs is 1. The maximum atomic E-state index is 13.1. The average molecular weight is 422 g/mol. The molecule has 2 aromatic carbocycles. The van der Waals surface area contributed by atoms with Gasteiger partial charge in [-0.25, -0.2) is 4.79 Å². The molecule has 1 aliphatic carbocycles. The Kier molecular flexibility index (Phi) is 7.23. The number of unbranched alkanes of at least 4 members (excludes halogenated alkanes) is 1. The number of carbonyl (C=O) groups is 2. The van der Waals surface area contributed by atoms with Gasteiger partial charge in [0.25, 0.3) is 0 Å². The van der Waals surface area contributed by atoms with E-state index in [0.29, 0.717) is 12.3 Å². The van der Waals surface area contributed by atoms with Crippen molar-refractivity contribution in [1.82, 2.24) is 4.90 Å². The third-order valence-corrected chi connectivity index (χ3v) is 6.46. The van der Waals surface area contributed by atoms with Crippen molar-refractivity contribution in [3.8, 4) is 0 Å². The highest BCUT2D eigenvalue weighted by Crippen LogP contribution is 2.42. The highest BCUT2D eigenvalue weighted by atomic mass is 16.7. The smallest absolute Gasteiger partial charge is 0.429 e. The largest absolute Gasteiger partial charge is 0.510 e. The number of hydrogen-bond acceptors (Lipinski definition) is 4. The van der Waals surface area contributed by atoms with Crippen molar-refractivity contribution >= 4 is 12.1 Å². The lowest BCUT2D eigenvalue weighted by atomic mass is 10.0. The first-order chi connectivity index (χ1) is 15.2. The van der Waals surface area contributed by atoms with Gasteiger partial charge in [0, 0.05) is 18.9 Å². The first kappa shape index (κ1) is 21.4. The number of likely N-dealkylation sites (tertiary alicyclic amines) is 1. The van der Waals surface area contributed by atoms with Crippen LogP contribution in [0.5, 0.6) is 0 Å². The second kappa shape index (κ2) is 10.5. The summed E-state index contributed by atoms with van der Waals surface area (Å²) < 4.78 is 10.9. The van der Waals surface area contributed by atoms with Gasteiger partial charge in [0.1, 0.15) is 6.61 Å². The molecule has 0 unspecified atom stereocenters. The zero-order chi connectivity index (χ0) is 21.5. The first-order valence-corrected chi connectivity index (χ1v) is 11.4. The van der Waals surface area contributed by atoms with Gasteiger partial charge < -0.3 is 14.4 Å². The number of benzene rings is 2. The van der Waals surface area contributed by atoms with Gasteiger partial charge in [-0.1, -0.05) is 67.1 Å². The summed E-state index contributed by atoms with van der Waals surface area (Å²) in [6.07, 6.45) is 6.05. The number of amides is 1. The zero-order valence-electron chi connectivity index (χ0n) is 17.9. The van der Waals surface area contributed by atoms with E-state index in [1.165, 1.54) is 5.56 Å². The molecule has 2 aliphatic rings. The molecule has 1 heterocycles. The summed E-state index contributed by atoms with van der Waals surface area (Å²) >= 11 is 0. The Morgan fingerprint density at radius 2 is 1.61 bits per heavy atom. The predicted octanol–water partition coefficient (Wildman–Crippen LogP) is 5.48. The molecule has 1 saturated carbocycles. The minimum atomic E-state index is -0.698. The summed E-state index contributed by atoms with van der Waals surface area (Å²) in [5.74, 6) is 0.531. The fourth-order valence-corrected chi connectivity index (χ4v) is 4.94. The Hall–Kier alpha value is -2.82.